The molecule has 0 atom stereocenters. The first-order chi connectivity index (χ1) is 8.20. The summed E-state index contributed by atoms with van der Waals surface area (Å²) in [6.07, 6.45) is 2.00. The number of aryl methyl sites for hydroxylation is 1. The second-order valence-electron chi connectivity index (χ2n) is 3.97. The quantitative estimate of drug-likeness (QED) is 0.939. The Kier molecular flexibility index (Phi) is 3.97. The number of halogens is 1. The maximum absolute atomic E-state index is 4.53. The Balaban J connectivity index is 2.21. The molecule has 0 saturated heterocycles. The molecule has 0 saturated carbocycles. The van der Waals surface area contributed by atoms with Gasteiger partial charge in [0, 0.05) is 17.2 Å². The highest BCUT2D eigenvalue weighted by molar-refractivity contribution is 9.10. The molecule has 0 aliphatic carbocycles. The fourth-order valence-electron chi connectivity index (χ4n) is 1.62. The molecule has 0 amide bonds. The van der Waals surface area contributed by atoms with E-state index in [1.165, 1.54) is 5.56 Å². The second kappa shape index (κ2) is 5.47. The fourth-order valence-corrected chi connectivity index (χ4v) is 1.87. The molecule has 0 aliphatic rings. The molecule has 2 aromatic rings. The normalized spacial score (nSPS) is 10.8. The molecule has 17 heavy (non-hydrogen) atoms. The summed E-state index contributed by atoms with van der Waals surface area (Å²) in [5.41, 5.74) is 3.37. The third kappa shape index (κ3) is 2.96. The van der Waals surface area contributed by atoms with Gasteiger partial charge >= 0.3 is 0 Å². The lowest BCUT2D eigenvalue weighted by atomic mass is 10.2. The van der Waals surface area contributed by atoms with Crippen molar-refractivity contribution in [1.82, 2.24) is 15.1 Å². The minimum Gasteiger partial charge on any atom is -0.311 e. The molecule has 1 heterocycles. The van der Waals surface area contributed by atoms with Crippen LogP contribution in [0.4, 0.5) is 0 Å². The Bertz CT molecular complexity index is 505. The Morgan fingerprint density at radius 1 is 1.35 bits per heavy atom. The van der Waals surface area contributed by atoms with Gasteiger partial charge in [0.1, 0.15) is 0 Å². The summed E-state index contributed by atoms with van der Waals surface area (Å²) in [5.74, 6) is 0. The van der Waals surface area contributed by atoms with Crippen LogP contribution in [-0.2, 0) is 6.54 Å². The molecule has 0 bridgehead atoms. The van der Waals surface area contributed by atoms with E-state index in [2.05, 4.69) is 58.4 Å². The zero-order chi connectivity index (χ0) is 12.3. The highest BCUT2D eigenvalue weighted by Gasteiger charge is 2.02. The van der Waals surface area contributed by atoms with Crippen molar-refractivity contribution in [3.8, 4) is 5.69 Å². The number of nitrogens with zero attached hydrogens (tertiary/aromatic N) is 2. The Labute approximate surface area is 110 Å². The zero-order valence-electron chi connectivity index (χ0n) is 10.1. The molecule has 3 nitrogen and oxygen atoms in total. The zero-order valence-corrected chi connectivity index (χ0v) is 11.7. The molecule has 1 aromatic heterocycles. The number of nitrogens with one attached hydrogen (secondary N) is 1. The standard InChI is InChI=1S/C13H16BrN3/c1-3-15-9-11-6-7-17(16-11)12-4-5-13(14)10(2)8-12/h4-8,15H,3,9H2,1-2H3. The van der Waals surface area contributed by atoms with Gasteiger partial charge in [-0.3, -0.25) is 0 Å². The summed E-state index contributed by atoms with van der Waals surface area (Å²) >= 11 is 3.50. The lowest BCUT2D eigenvalue weighted by Gasteiger charge is -2.04. The fraction of sp³-hybridized carbons (Fsp3) is 0.308. The average Bonchev–Trinajstić information content (AvgIpc) is 2.79. The first-order valence-electron chi connectivity index (χ1n) is 5.72. The van der Waals surface area contributed by atoms with E-state index in [0.29, 0.717) is 0 Å². The molecular weight excluding hydrogens is 278 g/mol. The number of aromatic nitrogens is 2. The summed E-state index contributed by atoms with van der Waals surface area (Å²) in [4.78, 5) is 0. The van der Waals surface area contributed by atoms with E-state index < -0.39 is 0 Å². The number of benzene rings is 1. The highest BCUT2D eigenvalue weighted by Crippen LogP contribution is 2.19. The largest absolute Gasteiger partial charge is 0.311 e. The van der Waals surface area contributed by atoms with Crippen molar-refractivity contribution in [2.45, 2.75) is 20.4 Å². The van der Waals surface area contributed by atoms with Crippen LogP contribution in [0.3, 0.4) is 0 Å². The van der Waals surface area contributed by atoms with Crippen LogP contribution in [0.1, 0.15) is 18.2 Å². The van der Waals surface area contributed by atoms with Crippen LogP contribution in [-0.4, -0.2) is 16.3 Å². The Hall–Kier alpha value is -1.13. The second-order valence-corrected chi connectivity index (χ2v) is 4.82. The molecule has 0 spiro atoms. The topological polar surface area (TPSA) is 29.9 Å². The van der Waals surface area contributed by atoms with Gasteiger partial charge in [0.15, 0.2) is 0 Å². The van der Waals surface area contributed by atoms with E-state index >= 15 is 0 Å². The minimum atomic E-state index is 0.818. The van der Waals surface area contributed by atoms with E-state index in [0.717, 1.165) is 28.9 Å². The lowest BCUT2D eigenvalue weighted by Crippen LogP contribution is -2.12. The number of rotatable bonds is 4. The average molecular weight is 294 g/mol. The van der Waals surface area contributed by atoms with Gasteiger partial charge in [-0.2, -0.15) is 5.10 Å². The van der Waals surface area contributed by atoms with Crippen LogP contribution in [0.25, 0.3) is 5.69 Å². The maximum atomic E-state index is 4.53. The SMILES string of the molecule is CCNCc1ccn(-c2ccc(Br)c(C)c2)n1. The number of hydrogen-bond acceptors (Lipinski definition) is 2. The first-order valence-corrected chi connectivity index (χ1v) is 6.52. The van der Waals surface area contributed by atoms with Crippen LogP contribution in [0, 0.1) is 6.92 Å². The van der Waals surface area contributed by atoms with Crippen molar-refractivity contribution in [2.24, 2.45) is 0 Å². The van der Waals surface area contributed by atoms with Gasteiger partial charge in [-0.1, -0.05) is 22.9 Å². The van der Waals surface area contributed by atoms with Crippen molar-refractivity contribution in [3.05, 3.63) is 46.2 Å². The van der Waals surface area contributed by atoms with Gasteiger partial charge in [0.05, 0.1) is 11.4 Å². The molecule has 90 valence electrons. The van der Waals surface area contributed by atoms with Crippen LogP contribution < -0.4 is 5.32 Å². The maximum Gasteiger partial charge on any atom is 0.0766 e. The molecule has 0 aliphatic heterocycles. The van der Waals surface area contributed by atoms with E-state index in [4.69, 9.17) is 0 Å². The van der Waals surface area contributed by atoms with Crippen LogP contribution in [0.2, 0.25) is 0 Å². The molecule has 1 N–H and O–H groups in total. The predicted molar refractivity (Wildman–Crippen MR) is 73.4 cm³/mol. The monoisotopic (exact) mass is 293 g/mol. The van der Waals surface area contributed by atoms with Crippen molar-refractivity contribution in [3.63, 3.8) is 0 Å². The van der Waals surface area contributed by atoms with Crippen molar-refractivity contribution >= 4 is 15.9 Å². The van der Waals surface area contributed by atoms with Crippen LogP contribution in [0.5, 0.6) is 0 Å². The Morgan fingerprint density at radius 3 is 2.88 bits per heavy atom. The summed E-state index contributed by atoms with van der Waals surface area (Å²) < 4.78 is 3.04. The first kappa shape index (κ1) is 12.3. The third-order valence-electron chi connectivity index (χ3n) is 2.61. The van der Waals surface area contributed by atoms with Crippen LogP contribution >= 0.6 is 15.9 Å². The summed E-state index contributed by atoms with van der Waals surface area (Å²) in [5, 5.41) is 7.79. The number of hydrogen-bond donors (Lipinski definition) is 1. The Morgan fingerprint density at radius 2 is 2.18 bits per heavy atom. The molecule has 4 heteroatoms. The van der Waals surface area contributed by atoms with Crippen molar-refractivity contribution in [1.29, 1.82) is 0 Å². The van der Waals surface area contributed by atoms with Gasteiger partial charge in [-0.05, 0) is 43.3 Å². The van der Waals surface area contributed by atoms with Gasteiger partial charge < -0.3 is 5.32 Å². The smallest absolute Gasteiger partial charge is 0.0766 e. The predicted octanol–water partition coefficient (Wildman–Crippen LogP) is 3.05. The minimum absolute atomic E-state index is 0.818. The van der Waals surface area contributed by atoms with Crippen molar-refractivity contribution in [2.75, 3.05) is 6.54 Å². The van der Waals surface area contributed by atoms with Gasteiger partial charge in [-0.15, -0.1) is 0 Å². The van der Waals surface area contributed by atoms with E-state index in [1.807, 2.05) is 16.9 Å². The molecule has 2 rings (SSSR count). The van der Waals surface area contributed by atoms with E-state index in [-0.39, 0.29) is 0 Å². The molecule has 0 unspecified atom stereocenters. The highest BCUT2D eigenvalue weighted by atomic mass is 79.9. The van der Waals surface area contributed by atoms with Crippen molar-refractivity contribution < 1.29 is 0 Å². The molecule has 0 radical (unpaired) electrons. The molecule has 0 fully saturated rings. The van der Waals surface area contributed by atoms with E-state index in [9.17, 15) is 0 Å². The summed E-state index contributed by atoms with van der Waals surface area (Å²) in [6.45, 7) is 5.95. The van der Waals surface area contributed by atoms with E-state index in [1.54, 1.807) is 0 Å². The van der Waals surface area contributed by atoms with Gasteiger partial charge in [-0.25, -0.2) is 4.68 Å². The van der Waals surface area contributed by atoms with Crippen LogP contribution in [0.15, 0.2) is 34.9 Å². The molecular formula is C13H16BrN3. The lowest BCUT2D eigenvalue weighted by molar-refractivity contribution is 0.696. The summed E-state index contributed by atoms with van der Waals surface area (Å²) in [7, 11) is 0. The summed E-state index contributed by atoms with van der Waals surface area (Å²) in [6, 6.07) is 8.27. The van der Waals surface area contributed by atoms with Gasteiger partial charge in [0.2, 0.25) is 0 Å². The third-order valence-corrected chi connectivity index (χ3v) is 3.50. The molecule has 1 aromatic carbocycles. The van der Waals surface area contributed by atoms with Gasteiger partial charge in [0.25, 0.3) is 0 Å².